The van der Waals surface area contributed by atoms with Crippen molar-refractivity contribution in [2.24, 2.45) is 5.41 Å². The van der Waals surface area contributed by atoms with Crippen molar-refractivity contribution in [2.45, 2.75) is 17.7 Å². The van der Waals surface area contributed by atoms with Crippen molar-refractivity contribution in [2.75, 3.05) is 20.2 Å². The molecule has 1 saturated heterocycles. The fourth-order valence-electron chi connectivity index (χ4n) is 5.51. The number of halogens is 2. The smallest absolute Gasteiger partial charge is 0.243 e. The molecule has 0 amide bonds. The highest BCUT2D eigenvalue weighted by Crippen LogP contribution is 2.47. The van der Waals surface area contributed by atoms with Gasteiger partial charge in [-0.05, 0) is 79.1 Å². The lowest BCUT2D eigenvalue weighted by atomic mass is 9.65. The second-order valence-corrected chi connectivity index (χ2v) is 11.7. The van der Waals surface area contributed by atoms with Gasteiger partial charge < -0.3 is 4.74 Å². The number of hydrogen-bond acceptors (Lipinski definition) is 6. The second kappa shape index (κ2) is 9.76. The summed E-state index contributed by atoms with van der Waals surface area (Å²) in [5.41, 5.74) is 1.88. The molecule has 0 saturated carbocycles. The molecular formula is C29H24F2N4O4S. The number of carbonyl (C=O) groups excluding carboxylic acids is 1. The minimum absolute atomic E-state index is 0.0670. The number of benzene rings is 2. The maximum atomic E-state index is 14.5. The molecule has 0 radical (unpaired) electrons. The molecule has 8 nitrogen and oxygen atoms in total. The summed E-state index contributed by atoms with van der Waals surface area (Å²) in [6, 6.07) is 14.4. The highest BCUT2D eigenvalue weighted by Gasteiger charge is 2.51. The van der Waals surface area contributed by atoms with Crippen LogP contribution in [0.4, 0.5) is 8.78 Å². The van der Waals surface area contributed by atoms with Crippen molar-refractivity contribution >= 4 is 21.9 Å². The van der Waals surface area contributed by atoms with Crippen LogP contribution in [0.25, 0.3) is 11.8 Å². The van der Waals surface area contributed by atoms with Gasteiger partial charge in [0.05, 0.1) is 35.0 Å². The Kier molecular flexibility index (Phi) is 6.35. The van der Waals surface area contributed by atoms with Gasteiger partial charge in [-0.15, -0.1) is 0 Å². The fourth-order valence-corrected chi connectivity index (χ4v) is 7.02. The predicted molar refractivity (Wildman–Crippen MR) is 143 cm³/mol. The Labute approximate surface area is 229 Å². The summed E-state index contributed by atoms with van der Waals surface area (Å²) in [5, 5.41) is 4.50. The fraction of sp³-hybridized carbons (Fsp3) is 0.207. The van der Waals surface area contributed by atoms with Crippen molar-refractivity contribution in [3.05, 3.63) is 107 Å². The summed E-state index contributed by atoms with van der Waals surface area (Å²) in [6.45, 7) is -0.0511. The third-order valence-electron chi connectivity index (χ3n) is 7.55. The van der Waals surface area contributed by atoms with Crippen molar-refractivity contribution in [1.82, 2.24) is 19.1 Å². The van der Waals surface area contributed by atoms with Crippen LogP contribution >= 0.6 is 0 Å². The normalized spacial score (nSPS) is 18.9. The first-order valence-electron chi connectivity index (χ1n) is 12.6. The van der Waals surface area contributed by atoms with E-state index in [0.29, 0.717) is 5.69 Å². The number of carbonyl (C=O) groups is 1. The molecule has 0 spiro atoms. The van der Waals surface area contributed by atoms with Crippen LogP contribution in [0, 0.1) is 17.0 Å². The van der Waals surface area contributed by atoms with Gasteiger partial charge in [0.2, 0.25) is 10.0 Å². The Morgan fingerprint density at radius 3 is 2.58 bits per heavy atom. The number of fused-ring (bicyclic) bond motifs is 2. The molecule has 0 bridgehead atoms. The van der Waals surface area contributed by atoms with E-state index in [2.05, 4.69) is 10.1 Å². The van der Waals surface area contributed by atoms with Gasteiger partial charge in [-0.2, -0.15) is 9.40 Å². The zero-order valence-electron chi connectivity index (χ0n) is 21.4. The van der Waals surface area contributed by atoms with E-state index >= 15 is 0 Å². The lowest BCUT2D eigenvalue weighted by Crippen LogP contribution is -2.53. The number of aromatic nitrogens is 3. The number of ketones is 1. The molecule has 6 rings (SSSR count). The minimum Gasteiger partial charge on any atom is -0.494 e. The summed E-state index contributed by atoms with van der Waals surface area (Å²) < 4.78 is 63.3. The minimum atomic E-state index is -4.15. The first-order chi connectivity index (χ1) is 19.2. The lowest BCUT2D eigenvalue weighted by molar-refractivity contribution is 0.0770. The summed E-state index contributed by atoms with van der Waals surface area (Å²) in [7, 11) is -2.85. The predicted octanol–water partition coefficient (Wildman–Crippen LogP) is 4.46. The summed E-state index contributed by atoms with van der Waals surface area (Å²) >= 11 is 0. The first-order valence-corrected chi connectivity index (χ1v) is 14.0. The van der Waals surface area contributed by atoms with Crippen LogP contribution in [-0.4, -0.2) is 53.5 Å². The number of sulfonamides is 1. The Morgan fingerprint density at radius 1 is 1.07 bits per heavy atom. The van der Waals surface area contributed by atoms with E-state index in [-0.39, 0.29) is 53.9 Å². The second-order valence-electron chi connectivity index (χ2n) is 9.80. The van der Waals surface area contributed by atoms with Crippen molar-refractivity contribution in [3.63, 3.8) is 0 Å². The molecule has 4 aromatic rings. The van der Waals surface area contributed by atoms with Crippen LogP contribution in [0.3, 0.4) is 0 Å². The summed E-state index contributed by atoms with van der Waals surface area (Å²) in [6.07, 6.45) is 5.50. The Bertz CT molecular complexity index is 1750. The molecule has 3 heterocycles. The van der Waals surface area contributed by atoms with Gasteiger partial charge in [-0.25, -0.2) is 21.9 Å². The van der Waals surface area contributed by atoms with Gasteiger partial charge in [0, 0.05) is 19.3 Å². The molecule has 11 heteroatoms. The molecule has 204 valence electrons. The number of hydrogen-bond donors (Lipinski definition) is 0. The number of methoxy groups -OCH3 is 1. The molecule has 2 aromatic carbocycles. The van der Waals surface area contributed by atoms with Gasteiger partial charge >= 0.3 is 0 Å². The van der Waals surface area contributed by atoms with Crippen LogP contribution in [0.15, 0.2) is 83.5 Å². The highest BCUT2D eigenvalue weighted by molar-refractivity contribution is 7.89. The standard InChI is InChI=1S/C29H24F2N4O4S/c1-39-27-10-9-23(15-24(27)31)40(37,38)34-13-11-20-14-26-19(17-33-35(26)22-7-5-21(30)6-8-22)16-29(20,18-34)28(36)25-4-2-3-12-32-25/h2-10,12,14-15,17H,11,13,16,18H2,1H3/t29-/m1/s1. The van der Waals surface area contributed by atoms with E-state index in [1.165, 1.54) is 41.9 Å². The quantitative estimate of drug-likeness (QED) is 0.322. The monoisotopic (exact) mass is 562 g/mol. The van der Waals surface area contributed by atoms with Gasteiger partial charge in [0.15, 0.2) is 17.3 Å². The molecule has 2 aliphatic rings. The zero-order chi connectivity index (χ0) is 28.1. The summed E-state index contributed by atoms with van der Waals surface area (Å²) in [5.74, 6) is -1.53. The molecule has 40 heavy (non-hydrogen) atoms. The third-order valence-corrected chi connectivity index (χ3v) is 9.39. The van der Waals surface area contributed by atoms with Gasteiger partial charge in [0.25, 0.3) is 0 Å². The maximum absolute atomic E-state index is 14.5. The van der Waals surface area contributed by atoms with Crippen LogP contribution in [0.1, 0.15) is 28.2 Å². The Morgan fingerprint density at radius 2 is 1.88 bits per heavy atom. The zero-order valence-corrected chi connectivity index (χ0v) is 22.2. The van der Waals surface area contributed by atoms with E-state index in [4.69, 9.17) is 4.74 Å². The topological polar surface area (TPSA) is 94.4 Å². The van der Waals surface area contributed by atoms with Crippen LogP contribution in [0.2, 0.25) is 0 Å². The van der Waals surface area contributed by atoms with Crippen molar-refractivity contribution < 1.29 is 26.7 Å². The number of nitrogens with zero attached hydrogens (tertiary/aromatic N) is 4. The number of rotatable bonds is 6. The number of Topliss-reactive ketones (excluding diaryl/α,β-unsaturated/α-hetero) is 1. The summed E-state index contributed by atoms with van der Waals surface area (Å²) in [4.78, 5) is 18.2. The largest absolute Gasteiger partial charge is 0.494 e. The Balaban J connectivity index is 1.44. The van der Waals surface area contributed by atoms with Crippen molar-refractivity contribution in [3.8, 4) is 11.4 Å². The third kappa shape index (κ3) is 4.22. The molecule has 2 aromatic heterocycles. The molecule has 1 aliphatic carbocycles. The van der Waals surface area contributed by atoms with Crippen molar-refractivity contribution in [1.29, 1.82) is 0 Å². The lowest BCUT2D eigenvalue weighted by Gasteiger charge is -2.44. The number of piperidine rings is 1. The van der Waals surface area contributed by atoms with Crippen LogP contribution < -0.4 is 4.74 Å². The van der Waals surface area contributed by atoms with Gasteiger partial charge in [0.1, 0.15) is 11.5 Å². The maximum Gasteiger partial charge on any atom is 0.243 e. The van der Waals surface area contributed by atoms with Gasteiger partial charge in [-0.3, -0.25) is 9.78 Å². The molecule has 0 N–H and O–H groups in total. The molecule has 1 atom stereocenters. The van der Waals surface area contributed by atoms with E-state index in [1.807, 2.05) is 6.08 Å². The average molecular weight is 563 g/mol. The SMILES string of the molecule is COc1ccc(S(=O)(=O)N2CCC3=Cc4c(cnn4-c4ccc(F)cc4)C[C@@]3(C(=O)c3ccccn3)C2)cc1F. The Hall–Kier alpha value is -4.22. The van der Waals surface area contributed by atoms with E-state index in [1.54, 1.807) is 41.2 Å². The molecule has 1 fully saturated rings. The average Bonchev–Trinajstić information content (AvgIpc) is 3.38. The van der Waals surface area contributed by atoms with E-state index in [9.17, 15) is 22.0 Å². The number of ether oxygens (including phenoxy) is 1. The van der Waals surface area contributed by atoms with Crippen LogP contribution in [-0.2, 0) is 16.4 Å². The van der Waals surface area contributed by atoms with Crippen LogP contribution in [0.5, 0.6) is 5.75 Å². The first kappa shape index (κ1) is 26.0. The molecule has 0 unspecified atom stereocenters. The van der Waals surface area contributed by atoms with Gasteiger partial charge in [-0.1, -0.05) is 11.6 Å². The molecule has 1 aliphatic heterocycles. The molecular weight excluding hydrogens is 538 g/mol. The highest BCUT2D eigenvalue weighted by atomic mass is 32.2. The van der Waals surface area contributed by atoms with E-state index in [0.717, 1.165) is 22.9 Å². The van der Waals surface area contributed by atoms with E-state index < -0.39 is 21.3 Å². The number of pyridine rings is 1.